The number of aromatic nitrogens is 4. The molecule has 3 aromatic heterocycles. The van der Waals surface area contributed by atoms with Gasteiger partial charge in [-0.05, 0) is 75.4 Å². The van der Waals surface area contributed by atoms with Crippen LogP contribution in [-0.2, 0) is 17.6 Å². The molecule has 0 fully saturated rings. The number of methoxy groups -OCH3 is 2. The lowest BCUT2D eigenvalue weighted by Gasteiger charge is -2.12. The Balaban J connectivity index is 1.42. The van der Waals surface area contributed by atoms with E-state index in [0.29, 0.717) is 43.0 Å². The number of benzene rings is 1. The molecule has 0 spiro atoms. The molecule has 1 N–H and O–H groups in total. The molecule has 0 bridgehead atoms. The summed E-state index contributed by atoms with van der Waals surface area (Å²) >= 11 is 0. The van der Waals surface area contributed by atoms with Crippen molar-refractivity contribution in [1.82, 2.24) is 24.9 Å². The number of aryl methyl sites for hydroxylation is 4. The van der Waals surface area contributed by atoms with E-state index in [4.69, 9.17) is 19.6 Å². The summed E-state index contributed by atoms with van der Waals surface area (Å²) in [5, 5.41) is 8.70. The Labute approximate surface area is 199 Å². The molecular weight excluding hydrogens is 430 g/mol. The minimum Gasteiger partial charge on any atom is -0.493 e. The zero-order chi connectivity index (χ0) is 24.4. The number of ether oxygens (including phenoxy) is 2. The van der Waals surface area contributed by atoms with E-state index in [1.54, 1.807) is 14.2 Å². The number of fused-ring (bicyclic) bond motifs is 3. The molecule has 0 saturated carbocycles. The van der Waals surface area contributed by atoms with Crippen LogP contribution in [0, 0.1) is 27.7 Å². The second kappa shape index (κ2) is 9.67. The molecule has 8 heteroatoms. The maximum Gasteiger partial charge on any atom is 0.220 e. The van der Waals surface area contributed by atoms with Crippen LogP contribution in [0.5, 0.6) is 11.5 Å². The number of hydrogen-bond donors (Lipinski definition) is 1. The van der Waals surface area contributed by atoms with Crippen molar-refractivity contribution in [1.29, 1.82) is 0 Å². The quantitative estimate of drug-likeness (QED) is 0.429. The van der Waals surface area contributed by atoms with Gasteiger partial charge in [-0.15, -0.1) is 5.10 Å². The molecule has 4 rings (SSSR count). The van der Waals surface area contributed by atoms with Crippen LogP contribution in [0.15, 0.2) is 24.3 Å². The van der Waals surface area contributed by atoms with E-state index in [-0.39, 0.29) is 5.91 Å². The average molecular weight is 462 g/mol. The predicted molar refractivity (Wildman–Crippen MR) is 132 cm³/mol. The molecule has 1 aromatic carbocycles. The standard InChI is InChI=1S/C26H31N5O3/c1-15-13-16(2)28-25-24(15)26-29-17(3)20(18(4)31(26)30-25)8-10-23(32)27-12-11-19-7-9-21(33-5)22(14-19)34-6/h7,9,13-14H,8,10-12H2,1-6H3,(H,27,32). The first-order valence-electron chi connectivity index (χ1n) is 11.4. The molecule has 34 heavy (non-hydrogen) atoms. The van der Waals surface area contributed by atoms with E-state index < -0.39 is 0 Å². The van der Waals surface area contributed by atoms with E-state index in [9.17, 15) is 4.79 Å². The third kappa shape index (κ3) is 4.53. The van der Waals surface area contributed by atoms with Crippen molar-refractivity contribution in [2.45, 2.75) is 47.0 Å². The van der Waals surface area contributed by atoms with Crippen LogP contribution in [0.2, 0.25) is 0 Å². The van der Waals surface area contributed by atoms with Crippen LogP contribution in [0.3, 0.4) is 0 Å². The second-order valence-electron chi connectivity index (χ2n) is 8.57. The van der Waals surface area contributed by atoms with Gasteiger partial charge >= 0.3 is 0 Å². The normalized spacial score (nSPS) is 11.2. The summed E-state index contributed by atoms with van der Waals surface area (Å²) in [6.45, 7) is 8.61. The van der Waals surface area contributed by atoms with Gasteiger partial charge in [0.2, 0.25) is 5.91 Å². The molecule has 0 saturated heterocycles. The number of amides is 1. The molecule has 0 aliphatic rings. The molecule has 0 unspecified atom stereocenters. The van der Waals surface area contributed by atoms with Crippen LogP contribution >= 0.6 is 0 Å². The number of nitrogens with zero attached hydrogens (tertiary/aromatic N) is 4. The van der Waals surface area contributed by atoms with E-state index in [1.165, 1.54) is 0 Å². The van der Waals surface area contributed by atoms with Crippen molar-refractivity contribution >= 4 is 22.6 Å². The van der Waals surface area contributed by atoms with Crippen LogP contribution < -0.4 is 14.8 Å². The Morgan fingerprint density at radius 1 is 1.00 bits per heavy atom. The van der Waals surface area contributed by atoms with Gasteiger partial charge in [-0.2, -0.15) is 0 Å². The fraction of sp³-hybridized carbons (Fsp3) is 0.385. The van der Waals surface area contributed by atoms with Gasteiger partial charge in [0.1, 0.15) is 0 Å². The molecule has 178 valence electrons. The highest BCUT2D eigenvalue weighted by Crippen LogP contribution is 2.28. The molecule has 0 aliphatic carbocycles. The monoisotopic (exact) mass is 461 g/mol. The third-order valence-electron chi connectivity index (χ3n) is 6.20. The number of hydrogen-bond acceptors (Lipinski definition) is 6. The first-order chi connectivity index (χ1) is 16.3. The second-order valence-corrected chi connectivity index (χ2v) is 8.57. The SMILES string of the molecule is COc1ccc(CCNC(=O)CCc2c(C)nc3c4c(C)cc(C)nc4nn3c2C)cc1OC. The van der Waals surface area contributed by atoms with Gasteiger partial charge in [-0.1, -0.05) is 6.07 Å². The van der Waals surface area contributed by atoms with Gasteiger partial charge < -0.3 is 14.8 Å². The van der Waals surface area contributed by atoms with E-state index in [1.807, 2.05) is 43.5 Å². The Kier molecular flexibility index (Phi) is 6.68. The van der Waals surface area contributed by atoms with Gasteiger partial charge in [0.15, 0.2) is 22.8 Å². The summed E-state index contributed by atoms with van der Waals surface area (Å²) < 4.78 is 12.5. The zero-order valence-electron chi connectivity index (χ0n) is 20.7. The summed E-state index contributed by atoms with van der Waals surface area (Å²) in [7, 11) is 3.23. The molecule has 0 aliphatic heterocycles. The van der Waals surface area contributed by atoms with E-state index >= 15 is 0 Å². The predicted octanol–water partition coefficient (Wildman–Crippen LogP) is 3.82. The van der Waals surface area contributed by atoms with Crippen LogP contribution in [0.1, 0.15) is 40.2 Å². The Morgan fingerprint density at radius 3 is 2.50 bits per heavy atom. The molecule has 0 atom stereocenters. The third-order valence-corrected chi connectivity index (χ3v) is 6.20. The van der Waals surface area contributed by atoms with Crippen molar-refractivity contribution in [2.75, 3.05) is 20.8 Å². The summed E-state index contributed by atoms with van der Waals surface area (Å²) in [4.78, 5) is 21.9. The molecule has 3 heterocycles. The van der Waals surface area contributed by atoms with Crippen molar-refractivity contribution in [2.24, 2.45) is 0 Å². The number of rotatable bonds is 8. The number of carbonyl (C=O) groups is 1. The molecule has 0 radical (unpaired) electrons. The van der Waals surface area contributed by atoms with Crippen molar-refractivity contribution in [3.63, 3.8) is 0 Å². The minimum atomic E-state index is 0.0122. The lowest BCUT2D eigenvalue weighted by Crippen LogP contribution is -2.26. The minimum absolute atomic E-state index is 0.0122. The summed E-state index contributed by atoms with van der Waals surface area (Å²) in [6.07, 6.45) is 1.70. The van der Waals surface area contributed by atoms with Gasteiger partial charge in [-0.3, -0.25) is 4.79 Å². The largest absolute Gasteiger partial charge is 0.493 e. The van der Waals surface area contributed by atoms with Gasteiger partial charge in [0, 0.05) is 30.0 Å². The zero-order valence-corrected chi connectivity index (χ0v) is 20.7. The Morgan fingerprint density at radius 2 is 1.76 bits per heavy atom. The maximum atomic E-state index is 12.5. The molecule has 4 aromatic rings. The summed E-state index contributed by atoms with van der Waals surface area (Å²) in [5.41, 5.74) is 7.61. The highest BCUT2D eigenvalue weighted by Gasteiger charge is 2.17. The first kappa shape index (κ1) is 23.5. The molecule has 1 amide bonds. The lowest BCUT2D eigenvalue weighted by molar-refractivity contribution is -0.121. The van der Waals surface area contributed by atoms with Gasteiger partial charge in [0.25, 0.3) is 0 Å². The Hall–Kier alpha value is -3.68. The summed E-state index contributed by atoms with van der Waals surface area (Å²) in [6, 6.07) is 7.84. The average Bonchev–Trinajstić information content (AvgIpc) is 3.17. The van der Waals surface area contributed by atoms with Gasteiger partial charge in [0.05, 0.1) is 19.6 Å². The lowest BCUT2D eigenvalue weighted by atomic mass is 10.1. The number of nitrogens with one attached hydrogen (secondary N) is 1. The first-order valence-corrected chi connectivity index (χ1v) is 11.4. The Bertz CT molecular complexity index is 1380. The molecule has 8 nitrogen and oxygen atoms in total. The maximum absolute atomic E-state index is 12.5. The van der Waals surface area contributed by atoms with E-state index in [0.717, 1.165) is 44.8 Å². The highest BCUT2D eigenvalue weighted by molar-refractivity contribution is 5.93. The fourth-order valence-electron chi connectivity index (χ4n) is 4.44. The molecular formula is C26H31N5O3. The smallest absolute Gasteiger partial charge is 0.220 e. The topological polar surface area (TPSA) is 90.6 Å². The van der Waals surface area contributed by atoms with Crippen LogP contribution in [0.4, 0.5) is 0 Å². The number of carbonyl (C=O) groups excluding carboxylic acids is 1. The van der Waals surface area contributed by atoms with Crippen molar-refractivity contribution in [3.8, 4) is 11.5 Å². The number of pyridine rings is 1. The van der Waals surface area contributed by atoms with Crippen molar-refractivity contribution in [3.05, 3.63) is 58.0 Å². The fourth-order valence-corrected chi connectivity index (χ4v) is 4.44. The highest BCUT2D eigenvalue weighted by atomic mass is 16.5. The van der Waals surface area contributed by atoms with Crippen molar-refractivity contribution < 1.29 is 14.3 Å². The van der Waals surface area contributed by atoms with Crippen LogP contribution in [0.25, 0.3) is 16.7 Å². The summed E-state index contributed by atoms with van der Waals surface area (Å²) in [5.74, 6) is 1.39. The van der Waals surface area contributed by atoms with E-state index in [2.05, 4.69) is 23.3 Å². The van der Waals surface area contributed by atoms with Crippen LogP contribution in [-0.4, -0.2) is 46.3 Å². The van der Waals surface area contributed by atoms with Gasteiger partial charge in [-0.25, -0.2) is 14.5 Å².